The molecule has 118 valence electrons. The van der Waals surface area contributed by atoms with Gasteiger partial charge in [-0.1, -0.05) is 57.9 Å². The van der Waals surface area contributed by atoms with E-state index in [4.69, 9.17) is 0 Å². The van der Waals surface area contributed by atoms with Crippen LogP contribution in [0, 0.1) is 0 Å². The van der Waals surface area contributed by atoms with Crippen LogP contribution in [0.25, 0.3) is 0 Å². The molecule has 1 aliphatic rings. The van der Waals surface area contributed by atoms with Gasteiger partial charge >= 0.3 is 0 Å². The molecule has 0 saturated heterocycles. The lowest BCUT2D eigenvalue weighted by Crippen LogP contribution is -2.46. The van der Waals surface area contributed by atoms with Gasteiger partial charge < -0.3 is 10.2 Å². The molecule has 1 aliphatic carbocycles. The first-order chi connectivity index (χ1) is 10.2. The summed E-state index contributed by atoms with van der Waals surface area (Å²) in [6, 6.07) is 10.1. The van der Waals surface area contributed by atoms with E-state index in [0.29, 0.717) is 18.0 Å². The first-order valence-electron chi connectivity index (χ1n) is 8.71. The van der Waals surface area contributed by atoms with E-state index in [1.54, 1.807) is 5.56 Å². The predicted octanol–water partition coefficient (Wildman–Crippen LogP) is 4.34. The van der Waals surface area contributed by atoms with Crippen LogP contribution in [0.1, 0.15) is 69.5 Å². The number of benzene rings is 1. The van der Waals surface area contributed by atoms with Gasteiger partial charge in [-0.2, -0.15) is 0 Å². The molecule has 0 spiro atoms. The topological polar surface area (TPSA) is 15.3 Å². The van der Waals surface area contributed by atoms with Crippen molar-refractivity contribution in [3.05, 3.63) is 35.4 Å². The maximum atomic E-state index is 3.74. The Balaban J connectivity index is 2.17. The maximum Gasteiger partial charge on any atom is 0.0481 e. The molecule has 0 heterocycles. The molecule has 2 rings (SSSR count). The molecular formula is C19H32N2. The largest absolute Gasteiger partial charge is 0.309 e. The molecular weight excluding hydrogens is 256 g/mol. The summed E-state index contributed by atoms with van der Waals surface area (Å²) in [6.07, 6.45) is 5.22. The zero-order valence-electron chi connectivity index (χ0n) is 14.2. The Morgan fingerprint density at radius 3 is 2.52 bits per heavy atom. The molecule has 21 heavy (non-hydrogen) atoms. The van der Waals surface area contributed by atoms with Crippen LogP contribution < -0.4 is 5.32 Å². The van der Waals surface area contributed by atoms with E-state index in [1.165, 1.54) is 37.8 Å². The highest BCUT2D eigenvalue weighted by Gasteiger charge is 2.34. The van der Waals surface area contributed by atoms with Crippen LogP contribution in [0.2, 0.25) is 0 Å². The van der Waals surface area contributed by atoms with Gasteiger partial charge in [0.25, 0.3) is 0 Å². The third-order valence-corrected chi connectivity index (χ3v) is 4.95. The highest BCUT2D eigenvalue weighted by molar-refractivity contribution is 5.36. The van der Waals surface area contributed by atoms with Gasteiger partial charge in [0.05, 0.1) is 0 Å². The third-order valence-electron chi connectivity index (χ3n) is 4.95. The van der Waals surface area contributed by atoms with Crippen molar-refractivity contribution >= 4 is 0 Å². The molecule has 1 aromatic carbocycles. The minimum atomic E-state index is 0.481. The Kier molecular flexibility index (Phi) is 6.25. The molecule has 0 aliphatic heterocycles. The van der Waals surface area contributed by atoms with Crippen LogP contribution in [-0.4, -0.2) is 31.1 Å². The quantitative estimate of drug-likeness (QED) is 0.751. The zero-order valence-corrected chi connectivity index (χ0v) is 14.2. The second-order valence-corrected chi connectivity index (χ2v) is 6.56. The maximum absolute atomic E-state index is 3.74. The van der Waals surface area contributed by atoms with Crippen LogP contribution in [0.4, 0.5) is 0 Å². The van der Waals surface area contributed by atoms with Crippen molar-refractivity contribution in [2.24, 2.45) is 0 Å². The van der Waals surface area contributed by atoms with Crippen molar-refractivity contribution in [3.63, 3.8) is 0 Å². The number of hydrogen-bond donors (Lipinski definition) is 1. The van der Waals surface area contributed by atoms with Crippen LogP contribution in [0.15, 0.2) is 24.3 Å². The van der Waals surface area contributed by atoms with Crippen molar-refractivity contribution < 1.29 is 0 Å². The standard InChI is InChI=1S/C19H32N2/c1-5-7-10-13-21(4)18-14-15(3)16-11-8-9-12-17(16)19(18)20-6-2/h8-9,11-12,15,18-20H,5-7,10,13-14H2,1-4H3. The Morgan fingerprint density at radius 2 is 1.86 bits per heavy atom. The monoisotopic (exact) mass is 288 g/mol. The smallest absolute Gasteiger partial charge is 0.0481 e. The number of rotatable bonds is 7. The normalized spacial score (nSPS) is 25.1. The average Bonchev–Trinajstić information content (AvgIpc) is 2.50. The van der Waals surface area contributed by atoms with E-state index < -0.39 is 0 Å². The van der Waals surface area contributed by atoms with E-state index in [0.717, 1.165) is 6.54 Å². The van der Waals surface area contributed by atoms with E-state index in [1.807, 2.05) is 0 Å². The van der Waals surface area contributed by atoms with Gasteiger partial charge in [0.15, 0.2) is 0 Å². The van der Waals surface area contributed by atoms with Gasteiger partial charge in [0, 0.05) is 12.1 Å². The fourth-order valence-corrected chi connectivity index (χ4v) is 3.75. The van der Waals surface area contributed by atoms with E-state index >= 15 is 0 Å². The van der Waals surface area contributed by atoms with E-state index in [9.17, 15) is 0 Å². The summed E-state index contributed by atoms with van der Waals surface area (Å²) in [6.45, 7) is 9.13. The summed E-state index contributed by atoms with van der Waals surface area (Å²) in [4.78, 5) is 2.59. The van der Waals surface area contributed by atoms with Crippen molar-refractivity contribution in [2.75, 3.05) is 20.1 Å². The summed E-state index contributed by atoms with van der Waals surface area (Å²) < 4.78 is 0. The number of likely N-dealkylation sites (N-methyl/N-ethyl adjacent to an activating group) is 2. The predicted molar refractivity (Wildman–Crippen MR) is 91.8 cm³/mol. The van der Waals surface area contributed by atoms with Crippen molar-refractivity contribution in [2.45, 2.75) is 64.5 Å². The highest BCUT2D eigenvalue weighted by atomic mass is 15.2. The molecule has 0 radical (unpaired) electrons. The Hall–Kier alpha value is -0.860. The molecule has 1 aromatic rings. The molecule has 0 bridgehead atoms. The van der Waals surface area contributed by atoms with Crippen LogP contribution in [0.5, 0.6) is 0 Å². The number of nitrogens with one attached hydrogen (secondary N) is 1. The van der Waals surface area contributed by atoms with Gasteiger partial charge in [-0.3, -0.25) is 0 Å². The lowest BCUT2D eigenvalue weighted by atomic mass is 9.77. The first-order valence-corrected chi connectivity index (χ1v) is 8.71. The molecule has 1 N–H and O–H groups in total. The number of fused-ring (bicyclic) bond motifs is 1. The van der Waals surface area contributed by atoms with Gasteiger partial charge in [-0.05, 0) is 50.0 Å². The molecule has 3 atom stereocenters. The summed E-state index contributed by atoms with van der Waals surface area (Å²) in [5.74, 6) is 0.662. The van der Waals surface area contributed by atoms with Gasteiger partial charge in [0.2, 0.25) is 0 Å². The van der Waals surface area contributed by atoms with E-state index in [-0.39, 0.29) is 0 Å². The Morgan fingerprint density at radius 1 is 1.14 bits per heavy atom. The van der Waals surface area contributed by atoms with Crippen LogP contribution in [-0.2, 0) is 0 Å². The molecule has 2 nitrogen and oxygen atoms in total. The van der Waals surface area contributed by atoms with E-state index in [2.05, 4.69) is 62.3 Å². The first kappa shape index (κ1) is 16.5. The summed E-state index contributed by atoms with van der Waals surface area (Å²) >= 11 is 0. The van der Waals surface area contributed by atoms with Gasteiger partial charge in [-0.15, -0.1) is 0 Å². The number of nitrogens with zero attached hydrogens (tertiary/aromatic N) is 1. The van der Waals surface area contributed by atoms with Crippen LogP contribution >= 0.6 is 0 Å². The molecule has 0 aromatic heterocycles. The summed E-state index contributed by atoms with van der Waals surface area (Å²) in [5.41, 5.74) is 3.06. The molecule has 0 fully saturated rings. The zero-order chi connectivity index (χ0) is 15.2. The minimum Gasteiger partial charge on any atom is -0.309 e. The van der Waals surface area contributed by atoms with Gasteiger partial charge in [-0.25, -0.2) is 0 Å². The average molecular weight is 288 g/mol. The van der Waals surface area contributed by atoms with Crippen molar-refractivity contribution in [3.8, 4) is 0 Å². The van der Waals surface area contributed by atoms with Crippen molar-refractivity contribution in [1.82, 2.24) is 10.2 Å². The highest BCUT2D eigenvalue weighted by Crippen LogP contribution is 2.39. The molecule has 0 saturated carbocycles. The van der Waals surface area contributed by atoms with Crippen LogP contribution in [0.3, 0.4) is 0 Å². The molecule has 2 heteroatoms. The molecule has 0 amide bonds. The fraction of sp³-hybridized carbons (Fsp3) is 0.684. The summed E-state index contributed by atoms with van der Waals surface area (Å²) in [5, 5.41) is 3.74. The lowest BCUT2D eigenvalue weighted by Gasteiger charge is -2.42. The second kappa shape index (κ2) is 7.95. The molecule has 3 unspecified atom stereocenters. The number of unbranched alkanes of at least 4 members (excludes halogenated alkanes) is 2. The van der Waals surface area contributed by atoms with Gasteiger partial charge in [0.1, 0.15) is 0 Å². The summed E-state index contributed by atoms with van der Waals surface area (Å²) in [7, 11) is 2.31. The third kappa shape index (κ3) is 3.87. The number of hydrogen-bond acceptors (Lipinski definition) is 2. The Bertz CT molecular complexity index is 429. The van der Waals surface area contributed by atoms with Crippen molar-refractivity contribution in [1.29, 1.82) is 0 Å². The minimum absolute atomic E-state index is 0.481. The second-order valence-electron chi connectivity index (χ2n) is 6.56. The SMILES string of the molecule is CCCCCN(C)C1CC(C)c2ccccc2C1NCC. The fourth-order valence-electron chi connectivity index (χ4n) is 3.75. The Labute approximate surface area is 130 Å². The lowest BCUT2D eigenvalue weighted by molar-refractivity contribution is 0.162.